The van der Waals surface area contributed by atoms with E-state index in [2.05, 4.69) is 38.2 Å². The molecule has 1 aliphatic carbocycles. The predicted octanol–water partition coefficient (Wildman–Crippen LogP) is 5.37. The maximum Gasteiger partial charge on any atom is 0.407 e. The molecule has 198 valence electrons. The molecule has 0 radical (unpaired) electrons. The first-order valence-corrected chi connectivity index (χ1v) is 13.8. The highest BCUT2D eigenvalue weighted by molar-refractivity contribution is 5.67. The van der Waals surface area contributed by atoms with Gasteiger partial charge in [-0.25, -0.2) is 9.64 Å². The minimum absolute atomic E-state index is 0.0508. The first-order chi connectivity index (χ1) is 18.6. The van der Waals surface area contributed by atoms with Gasteiger partial charge in [0.25, 0.3) is 0 Å². The maximum absolute atomic E-state index is 12.1. The summed E-state index contributed by atoms with van der Waals surface area (Å²) in [4.78, 5) is 20.6. The molecule has 1 unspecified atom stereocenters. The van der Waals surface area contributed by atoms with Crippen molar-refractivity contribution >= 4 is 17.5 Å². The Kier molecular flexibility index (Phi) is 7.86. The summed E-state index contributed by atoms with van der Waals surface area (Å²) in [6, 6.07) is 21.0. The van der Waals surface area contributed by atoms with Crippen LogP contribution >= 0.6 is 0 Å². The van der Waals surface area contributed by atoms with Crippen LogP contribution < -0.4 is 10.2 Å². The van der Waals surface area contributed by atoms with E-state index in [1.54, 1.807) is 0 Å². The number of nitriles is 1. The fraction of sp³-hybridized carbons (Fsp3) is 0.516. The third-order valence-electron chi connectivity index (χ3n) is 9.07. The Labute approximate surface area is 226 Å². The van der Waals surface area contributed by atoms with Gasteiger partial charge in [-0.2, -0.15) is 5.26 Å². The maximum atomic E-state index is 12.1. The van der Waals surface area contributed by atoms with E-state index < -0.39 is 11.5 Å². The molecule has 3 atom stereocenters. The van der Waals surface area contributed by atoms with Gasteiger partial charge in [-0.1, -0.05) is 48.9 Å². The fourth-order valence-corrected chi connectivity index (χ4v) is 7.16. The highest BCUT2D eigenvalue weighted by Gasteiger charge is 2.52. The molecule has 0 bridgehead atoms. The molecule has 3 aliphatic rings. The Bertz CT molecular complexity index is 1170. The van der Waals surface area contributed by atoms with Gasteiger partial charge >= 0.3 is 6.09 Å². The quantitative estimate of drug-likeness (QED) is 0.506. The van der Waals surface area contributed by atoms with E-state index in [-0.39, 0.29) is 17.9 Å². The van der Waals surface area contributed by atoms with Crippen molar-refractivity contribution < 1.29 is 9.53 Å². The summed E-state index contributed by atoms with van der Waals surface area (Å²) in [5, 5.41) is 13.9. The molecule has 1 saturated carbocycles. The fourth-order valence-electron chi connectivity index (χ4n) is 7.16. The number of piperidine rings is 1. The Morgan fingerprint density at radius 3 is 2.45 bits per heavy atom. The van der Waals surface area contributed by atoms with Crippen molar-refractivity contribution in [3.8, 4) is 6.07 Å². The normalized spacial score (nSPS) is 24.0. The van der Waals surface area contributed by atoms with Gasteiger partial charge < -0.3 is 19.9 Å². The second-order valence-corrected chi connectivity index (χ2v) is 11.1. The van der Waals surface area contributed by atoms with Crippen molar-refractivity contribution in [1.82, 2.24) is 10.2 Å². The van der Waals surface area contributed by atoms with Crippen LogP contribution in [0.5, 0.6) is 0 Å². The van der Waals surface area contributed by atoms with Crippen LogP contribution in [0.25, 0.3) is 4.85 Å². The van der Waals surface area contributed by atoms with Crippen LogP contribution in [0.2, 0.25) is 0 Å². The number of rotatable bonds is 7. The van der Waals surface area contributed by atoms with E-state index in [0.29, 0.717) is 11.6 Å². The van der Waals surface area contributed by atoms with E-state index >= 15 is 0 Å². The van der Waals surface area contributed by atoms with Gasteiger partial charge in [0, 0.05) is 43.2 Å². The van der Waals surface area contributed by atoms with Gasteiger partial charge in [0.05, 0.1) is 25.2 Å². The number of ether oxygens (including phenoxy) is 1. The lowest BCUT2D eigenvalue weighted by Crippen LogP contribution is -2.55. The number of methoxy groups -OCH3 is 1. The molecule has 2 aromatic rings. The van der Waals surface area contributed by atoms with Crippen LogP contribution in [0, 0.1) is 35.7 Å². The minimum Gasteiger partial charge on any atom is -0.453 e. The average molecular weight is 512 g/mol. The zero-order chi connectivity index (χ0) is 26.5. The number of alkyl carbamates (subject to hydrolysis) is 1. The number of anilines is 1. The van der Waals surface area contributed by atoms with Gasteiger partial charge in [-0.3, -0.25) is 0 Å². The molecule has 38 heavy (non-hydrogen) atoms. The lowest BCUT2D eigenvalue weighted by atomic mass is 9.59. The van der Waals surface area contributed by atoms with Crippen LogP contribution in [0.15, 0.2) is 54.6 Å². The third-order valence-corrected chi connectivity index (χ3v) is 9.07. The molecule has 0 aromatic heterocycles. The van der Waals surface area contributed by atoms with Gasteiger partial charge in [-0.05, 0) is 62.4 Å². The lowest BCUT2D eigenvalue weighted by molar-refractivity contribution is 0.0939. The topological polar surface area (TPSA) is 73.0 Å². The zero-order valence-electron chi connectivity index (χ0n) is 22.2. The van der Waals surface area contributed by atoms with Crippen molar-refractivity contribution in [3.63, 3.8) is 0 Å². The van der Waals surface area contributed by atoms with E-state index in [4.69, 9.17) is 11.3 Å². The Balaban J connectivity index is 1.24. The number of amides is 1. The highest BCUT2D eigenvalue weighted by atomic mass is 16.5. The molecule has 7 heteroatoms. The summed E-state index contributed by atoms with van der Waals surface area (Å²) in [7, 11) is 1.40. The molecule has 2 heterocycles. The Hall–Kier alpha value is -3.55. The lowest BCUT2D eigenvalue weighted by Gasteiger charge is -2.48. The van der Waals surface area contributed by atoms with Crippen LogP contribution in [0.3, 0.4) is 0 Å². The van der Waals surface area contributed by atoms with Crippen LogP contribution in [0.1, 0.15) is 37.7 Å². The van der Waals surface area contributed by atoms with Crippen LogP contribution in [-0.2, 0) is 10.2 Å². The summed E-state index contributed by atoms with van der Waals surface area (Å²) < 4.78 is 4.92. The van der Waals surface area contributed by atoms with Gasteiger partial charge in [-0.15, -0.1) is 0 Å². The number of hydrogen-bond acceptors (Lipinski definition) is 5. The number of carbonyl (C=O) groups excluding carboxylic acids is 1. The number of benzene rings is 2. The second-order valence-electron chi connectivity index (χ2n) is 11.1. The standard InChI is InChI=1S/C31H37N5O2/c1-33-26-11-13-27(14-12-26)36-20-23(21-36)19-35-17-15-25(16-18-35)31(22-32,24-7-4-3-5-8-24)28-9-6-10-29(28)34-30(37)38-2/h3-5,7-8,11-14,23,25,28-29H,6,9-10,15-21H2,2H3,(H,34,37)/t28-,29-,31?/m1/s1. The molecule has 1 N–H and O–H groups in total. The second kappa shape index (κ2) is 11.5. The molecule has 3 fully saturated rings. The van der Waals surface area contributed by atoms with Crippen molar-refractivity contribution in [2.45, 2.75) is 43.6 Å². The van der Waals surface area contributed by atoms with E-state index in [1.165, 1.54) is 12.8 Å². The first-order valence-electron chi connectivity index (χ1n) is 13.8. The predicted molar refractivity (Wildman–Crippen MR) is 148 cm³/mol. The van der Waals surface area contributed by atoms with E-state index in [1.807, 2.05) is 42.5 Å². The number of likely N-dealkylation sites (tertiary alicyclic amines) is 1. The Morgan fingerprint density at radius 1 is 1.11 bits per heavy atom. The number of nitrogens with one attached hydrogen (secondary N) is 1. The highest BCUT2D eigenvalue weighted by Crippen LogP contribution is 2.50. The SMILES string of the molecule is [C-]#[N+]c1ccc(N2CC(CN3CCC(C(C#N)(c4ccccc4)[C@@H]4CCC[C@H]4NC(=O)OC)CC3)C2)cc1. The van der Waals surface area contributed by atoms with Crippen molar-refractivity contribution in [2.24, 2.45) is 17.8 Å². The summed E-state index contributed by atoms with van der Waals surface area (Å²) in [5.41, 5.74) is 2.34. The number of nitrogens with zero attached hydrogens (tertiary/aromatic N) is 4. The Morgan fingerprint density at radius 2 is 1.82 bits per heavy atom. The van der Waals surface area contributed by atoms with Crippen molar-refractivity contribution in [1.29, 1.82) is 5.26 Å². The molecule has 2 saturated heterocycles. The smallest absolute Gasteiger partial charge is 0.407 e. The molecule has 0 spiro atoms. The summed E-state index contributed by atoms with van der Waals surface area (Å²) in [6.45, 7) is 12.3. The van der Waals surface area contributed by atoms with Gasteiger partial charge in [0.1, 0.15) is 0 Å². The van der Waals surface area contributed by atoms with E-state index in [9.17, 15) is 10.1 Å². The number of carbonyl (C=O) groups is 1. The molecule has 1 amide bonds. The first kappa shape index (κ1) is 26.1. The largest absolute Gasteiger partial charge is 0.453 e. The average Bonchev–Trinajstić information content (AvgIpc) is 3.41. The molecular formula is C31H37N5O2. The van der Waals surface area contributed by atoms with Crippen molar-refractivity contribution in [2.75, 3.05) is 44.7 Å². The monoisotopic (exact) mass is 511 g/mol. The van der Waals surface area contributed by atoms with E-state index in [0.717, 1.165) is 70.4 Å². The summed E-state index contributed by atoms with van der Waals surface area (Å²) in [5.74, 6) is 0.959. The summed E-state index contributed by atoms with van der Waals surface area (Å²) >= 11 is 0. The minimum atomic E-state index is -0.625. The molecule has 2 aliphatic heterocycles. The molecule has 2 aromatic carbocycles. The van der Waals surface area contributed by atoms with Gasteiger partial charge in [0.15, 0.2) is 5.69 Å². The van der Waals surface area contributed by atoms with Crippen molar-refractivity contribution in [3.05, 3.63) is 71.6 Å². The zero-order valence-corrected chi connectivity index (χ0v) is 22.2. The summed E-state index contributed by atoms with van der Waals surface area (Å²) in [6.07, 6.45) is 4.39. The molecule has 5 rings (SSSR count). The van der Waals surface area contributed by atoms with Gasteiger partial charge in [0.2, 0.25) is 0 Å². The molecule has 7 nitrogen and oxygen atoms in total. The third kappa shape index (κ3) is 5.08. The number of hydrogen-bond donors (Lipinski definition) is 1. The molecular weight excluding hydrogens is 474 g/mol. The van der Waals surface area contributed by atoms with Crippen LogP contribution in [-0.4, -0.2) is 56.9 Å². The van der Waals surface area contributed by atoms with Crippen LogP contribution in [0.4, 0.5) is 16.2 Å².